The number of carbonyl (C=O) groups is 1. The van der Waals surface area contributed by atoms with Gasteiger partial charge in [-0.2, -0.15) is 0 Å². The Bertz CT molecular complexity index is 569. The van der Waals surface area contributed by atoms with Crippen LogP contribution in [0.2, 0.25) is 0 Å². The number of benzene rings is 1. The summed E-state index contributed by atoms with van der Waals surface area (Å²) >= 11 is 0. The summed E-state index contributed by atoms with van der Waals surface area (Å²) in [7, 11) is 0. The largest absolute Gasteiger partial charge is 0.481 e. The maximum atomic E-state index is 10.9. The van der Waals surface area contributed by atoms with E-state index < -0.39 is 5.97 Å². The molecule has 0 bridgehead atoms. The summed E-state index contributed by atoms with van der Waals surface area (Å²) in [4.78, 5) is 10.9. The van der Waals surface area contributed by atoms with Gasteiger partial charge in [-0.25, -0.2) is 0 Å². The van der Waals surface area contributed by atoms with Gasteiger partial charge in [-0.15, -0.1) is 0 Å². The Morgan fingerprint density at radius 3 is 2.61 bits per heavy atom. The molecule has 0 aliphatic heterocycles. The van der Waals surface area contributed by atoms with E-state index in [-0.39, 0.29) is 5.92 Å². The zero-order valence-electron chi connectivity index (χ0n) is 11.1. The molecular weight excluding hydrogens is 226 g/mol. The first kappa shape index (κ1) is 12.7. The van der Waals surface area contributed by atoms with Crippen molar-refractivity contribution in [3.8, 4) is 0 Å². The van der Waals surface area contributed by atoms with Crippen LogP contribution in [0.15, 0.2) is 30.5 Å². The zero-order chi connectivity index (χ0) is 13.3. The Hall–Kier alpha value is -1.77. The summed E-state index contributed by atoms with van der Waals surface area (Å²) in [5.74, 6) is -1.08. The van der Waals surface area contributed by atoms with E-state index in [0.29, 0.717) is 12.5 Å². The molecular formula is C15H19NO2. The van der Waals surface area contributed by atoms with Crippen molar-refractivity contribution in [2.24, 2.45) is 5.92 Å². The van der Waals surface area contributed by atoms with E-state index in [2.05, 4.69) is 42.8 Å². The first-order valence-corrected chi connectivity index (χ1v) is 6.31. The third-order valence-corrected chi connectivity index (χ3v) is 3.30. The Kier molecular flexibility index (Phi) is 3.41. The van der Waals surface area contributed by atoms with Gasteiger partial charge in [0.25, 0.3) is 0 Å². The van der Waals surface area contributed by atoms with E-state index >= 15 is 0 Å². The highest BCUT2D eigenvalue weighted by Crippen LogP contribution is 2.22. The summed E-state index contributed by atoms with van der Waals surface area (Å²) in [6.07, 6.45) is 2.66. The van der Waals surface area contributed by atoms with Crippen LogP contribution in [0, 0.1) is 5.92 Å². The summed E-state index contributed by atoms with van der Waals surface area (Å²) in [5, 5.41) is 10.1. The normalized spacial score (nSPS) is 13.1. The highest BCUT2D eigenvalue weighted by atomic mass is 16.4. The Morgan fingerprint density at radius 2 is 2.00 bits per heavy atom. The number of aromatic nitrogens is 1. The van der Waals surface area contributed by atoms with Crippen LogP contribution in [0.1, 0.15) is 32.4 Å². The molecule has 0 radical (unpaired) electrons. The lowest BCUT2D eigenvalue weighted by molar-refractivity contribution is -0.141. The molecule has 0 aliphatic carbocycles. The fourth-order valence-electron chi connectivity index (χ4n) is 2.23. The summed E-state index contributed by atoms with van der Waals surface area (Å²) in [6, 6.07) is 8.73. The van der Waals surface area contributed by atoms with E-state index in [1.54, 1.807) is 6.92 Å². The zero-order valence-corrected chi connectivity index (χ0v) is 11.1. The Labute approximate surface area is 107 Å². The molecule has 0 spiro atoms. The van der Waals surface area contributed by atoms with Crippen LogP contribution >= 0.6 is 0 Å². The monoisotopic (exact) mass is 245 g/mol. The van der Waals surface area contributed by atoms with E-state index in [4.69, 9.17) is 5.11 Å². The van der Waals surface area contributed by atoms with Crippen LogP contribution in [0.3, 0.4) is 0 Å². The van der Waals surface area contributed by atoms with Crippen LogP contribution in [-0.4, -0.2) is 15.6 Å². The summed E-state index contributed by atoms with van der Waals surface area (Å²) in [5.41, 5.74) is 2.29. The minimum Gasteiger partial charge on any atom is -0.481 e. The van der Waals surface area contributed by atoms with Crippen LogP contribution < -0.4 is 0 Å². The van der Waals surface area contributed by atoms with Crippen LogP contribution in [0.4, 0.5) is 0 Å². The molecule has 0 aliphatic rings. The van der Waals surface area contributed by atoms with Gasteiger partial charge in [-0.3, -0.25) is 4.79 Å². The molecule has 3 nitrogen and oxygen atoms in total. The van der Waals surface area contributed by atoms with E-state index in [0.717, 1.165) is 5.56 Å². The van der Waals surface area contributed by atoms with Crippen molar-refractivity contribution in [3.05, 3.63) is 36.0 Å². The van der Waals surface area contributed by atoms with Crippen LogP contribution in [-0.2, 0) is 11.2 Å². The molecule has 1 unspecified atom stereocenters. The molecule has 1 heterocycles. The first-order chi connectivity index (χ1) is 8.49. The summed E-state index contributed by atoms with van der Waals surface area (Å²) < 4.78 is 2.22. The lowest BCUT2D eigenvalue weighted by Gasteiger charge is -2.10. The van der Waals surface area contributed by atoms with Crippen molar-refractivity contribution < 1.29 is 9.90 Å². The fraction of sp³-hybridized carbons (Fsp3) is 0.400. The third kappa shape index (κ3) is 2.40. The van der Waals surface area contributed by atoms with Gasteiger partial charge in [-0.1, -0.05) is 13.0 Å². The van der Waals surface area contributed by atoms with Crippen molar-refractivity contribution >= 4 is 16.9 Å². The van der Waals surface area contributed by atoms with Crippen LogP contribution in [0.5, 0.6) is 0 Å². The maximum Gasteiger partial charge on any atom is 0.306 e. The molecule has 1 aromatic carbocycles. The van der Waals surface area contributed by atoms with Crippen LogP contribution in [0.25, 0.3) is 10.9 Å². The molecule has 2 aromatic rings. The fourth-order valence-corrected chi connectivity index (χ4v) is 2.23. The van der Waals surface area contributed by atoms with Gasteiger partial charge in [0.1, 0.15) is 0 Å². The second-order valence-electron chi connectivity index (χ2n) is 5.15. The Balaban J connectivity index is 2.31. The van der Waals surface area contributed by atoms with E-state index in [1.807, 2.05) is 6.07 Å². The first-order valence-electron chi connectivity index (χ1n) is 6.31. The molecule has 0 fully saturated rings. The van der Waals surface area contributed by atoms with Crippen molar-refractivity contribution in [1.82, 2.24) is 4.57 Å². The molecule has 2 rings (SSSR count). The standard InChI is InChI=1S/C15H19NO2/c1-10(2)16-7-6-13-9-12(4-5-14(13)16)8-11(3)15(17)18/h4-7,9-11H,8H2,1-3H3,(H,17,18). The Morgan fingerprint density at radius 1 is 1.28 bits per heavy atom. The van der Waals surface area contributed by atoms with Crippen molar-refractivity contribution in [1.29, 1.82) is 0 Å². The van der Waals surface area contributed by atoms with E-state index in [9.17, 15) is 4.79 Å². The highest BCUT2D eigenvalue weighted by Gasteiger charge is 2.12. The molecule has 3 heteroatoms. The molecule has 0 saturated carbocycles. The van der Waals surface area contributed by atoms with Gasteiger partial charge < -0.3 is 9.67 Å². The minimum absolute atomic E-state index is 0.338. The number of rotatable bonds is 4. The molecule has 0 saturated heterocycles. The van der Waals surface area contributed by atoms with Gasteiger partial charge in [0.05, 0.1) is 5.92 Å². The number of hydrogen-bond donors (Lipinski definition) is 1. The lowest BCUT2D eigenvalue weighted by Crippen LogP contribution is -2.12. The SMILES string of the molecule is CC(Cc1ccc2c(ccn2C(C)C)c1)C(=O)O. The second kappa shape index (κ2) is 4.84. The number of nitrogens with zero attached hydrogens (tertiary/aromatic N) is 1. The molecule has 1 atom stereocenters. The second-order valence-corrected chi connectivity index (χ2v) is 5.15. The number of fused-ring (bicyclic) bond motifs is 1. The van der Waals surface area contributed by atoms with Crippen molar-refractivity contribution in [2.75, 3.05) is 0 Å². The molecule has 18 heavy (non-hydrogen) atoms. The predicted octanol–water partition coefficient (Wildman–Crippen LogP) is 3.49. The number of hydrogen-bond acceptors (Lipinski definition) is 1. The lowest BCUT2D eigenvalue weighted by atomic mass is 10.0. The van der Waals surface area contributed by atoms with Gasteiger partial charge >= 0.3 is 5.97 Å². The number of carboxylic acid groups (broad SMARTS) is 1. The quantitative estimate of drug-likeness (QED) is 0.896. The minimum atomic E-state index is -0.741. The molecule has 1 N–H and O–H groups in total. The van der Waals surface area contributed by atoms with Crippen molar-refractivity contribution in [3.63, 3.8) is 0 Å². The van der Waals surface area contributed by atoms with Gasteiger partial charge in [0, 0.05) is 17.8 Å². The average molecular weight is 245 g/mol. The number of carboxylic acids is 1. The smallest absolute Gasteiger partial charge is 0.306 e. The number of aliphatic carboxylic acids is 1. The maximum absolute atomic E-state index is 10.9. The topological polar surface area (TPSA) is 42.2 Å². The van der Waals surface area contributed by atoms with Gasteiger partial charge in [-0.05, 0) is 49.4 Å². The molecule has 0 amide bonds. The highest BCUT2D eigenvalue weighted by molar-refractivity contribution is 5.81. The van der Waals surface area contributed by atoms with Gasteiger partial charge in [0.2, 0.25) is 0 Å². The summed E-state index contributed by atoms with van der Waals surface area (Å²) in [6.45, 7) is 6.05. The third-order valence-electron chi connectivity index (χ3n) is 3.30. The van der Waals surface area contributed by atoms with E-state index in [1.165, 1.54) is 10.9 Å². The van der Waals surface area contributed by atoms with Gasteiger partial charge in [0.15, 0.2) is 0 Å². The van der Waals surface area contributed by atoms with Crippen molar-refractivity contribution in [2.45, 2.75) is 33.2 Å². The predicted molar refractivity (Wildman–Crippen MR) is 72.8 cm³/mol. The molecule has 1 aromatic heterocycles. The molecule has 96 valence electrons. The average Bonchev–Trinajstić information content (AvgIpc) is 2.71.